The summed E-state index contributed by atoms with van der Waals surface area (Å²) in [6.07, 6.45) is 0. The number of ether oxygens (including phenoxy) is 2. The standard InChI is InChI=1S/C13H15N3O3S2/c1-3-19-11(17)8-20-13-16-15-12(21-13)14-9-6-4-5-7-10(9)18-2/h4-7H,3,8H2,1-2H3,(H,14,15). The second-order valence-electron chi connectivity index (χ2n) is 3.79. The third kappa shape index (κ3) is 4.61. The molecule has 0 fully saturated rings. The van der Waals surface area contributed by atoms with Gasteiger partial charge in [0.25, 0.3) is 0 Å². The fourth-order valence-electron chi connectivity index (χ4n) is 1.51. The smallest absolute Gasteiger partial charge is 0.316 e. The molecule has 1 aromatic heterocycles. The average Bonchev–Trinajstić information content (AvgIpc) is 2.94. The molecule has 2 rings (SSSR count). The third-order valence-corrected chi connectivity index (χ3v) is 4.32. The number of hydrogen-bond donors (Lipinski definition) is 1. The van der Waals surface area contributed by atoms with Gasteiger partial charge in [-0.15, -0.1) is 10.2 Å². The summed E-state index contributed by atoms with van der Waals surface area (Å²) < 4.78 is 10.8. The third-order valence-electron chi connectivity index (χ3n) is 2.37. The number of aromatic nitrogens is 2. The zero-order valence-corrected chi connectivity index (χ0v) is 13.3. The summed E-state index contributed by atoms with van der Waals surface area (Å²) in [4.78, 5) is 11.3. The number of carbonyl (C=O) groups excluding carboxylic acids is 1. The van der Waals surface area contributed by atoms with E-state index in [1.54, 1.807) is 14.0 Å². The highest BCUT2D eigenvalue weighted by atomic mass is 32.2. The van der Waals surface area contributed by atoms with Gasteiger partial charge in [-0.3, -0.25) is 4.79 Å². The average molecular weight is 325 g/mol. The molecular formula is C13H15N3O3S2. The van der Waals surface area contributed by atoms with Crippen molar-refractivity contribution in [3.05, 3.63) is 24.3 Å². The quantitative estimate of drug-likeness (QED) is 0.619. The molecule has 1 N–H and O–H groups in total. The number of nitrogens with one attached hydrogen (secondary N) is 1. The van der Waals surface area contributed by atoms with E-state index >= 15 is 0 Å². The fraction of sp³-hybridized carbons (Fsp3) is 0.308. The number of hydrogen-bond acceptors (Lipinski definition) is 8. The van der Waals surface area contributed by atoms with Crippen molar-refractivity contribution in [3.63, 3.8) is 0 Å². The Labute approximate surface area is 130 Å². The van der Waals surface area contributed by atoms with Crippen LogP contribution >= 0.6 is 23.1 Å². The topological polar surface area (TPSA) is 73.3 Å². The number of methoxy groups -OCH3 is 1. The van der Waals surface area contributed by atoms with Gasteiger partial charge in [0.1, 0.15) is 5.75 Å². The maximum atomic E-state index is 11.3. The minimum Gasteiger partial charge on any atom is -0.495 e. The first-order valence-corrected chi connectivity index (χ1v) is 8.05. The summed E-state index contributed by atoms with van der Waals surface area (Å²) >= 11 is 2.68. The van der Waals surface area contributed by atoms with E-state index in [0.717, 1.165) is 11.4 Å². The number of anilines is 2. The van der Waals surface area contributed by atoms with E-state index in [0.29, 0.717) is 16.1 Å². The molecule has 0 amide bonds. The number of carbonyl (C=O) groups is 1. The monoisotopic (exact) mass is 325 g/mol. The van der Waals surface area contributed by atoms with Crippen molar-refractivity contribution >= 4 is 39.9 Å². The van der Waals surface area contributed by atoms with Gasteiger partial charge >= 0.3 is 5.97 Å². The Morgan fingerprint density at radius 2 is 2.19 bits per heavy atom. The highest BCUT2D eigenvalue weighted by Gasteiger charge is 2.10. The van der Waals surface area contributed by atoms with Gasteiger partial charge in [-0.2, -0.15) is 0 Å². The van der Waals surface area contributed by atoms with Gasteiger partial charge < -0.3 is 14.8 Å². The van der Waals surface area contributed by atoms with E-state index < -0.39 is 0 Å². The second kappa shape index (κ2) is 7.84. The number of rotatable bonds is 7. The lowest BCUT2D eigenvalue weighted by Gasteiger charge is -2.07. The van der Waals surface area contributed by atoms with Crippen LogP contribution in [0.15, 0.2) is 28.6 Å². The first-order valence-electron chi connectivity index (χ1n) is 6.25. The van der Waals surface area contributed by atoms with Crippen molar-refractivity contribution in [2.75, 3.05) is 24.8 Å². The second-order valence-corrected chi connectivity index (χ2v) is 5.99. The Kier molecular flexibility index (Phi) is 5.82. The van der Waals surface area contributed by atoms with Crippen molar-refractivity contribution in [1.29, 1.82) is 0 Å². The Balaban J connectivity index is 1.95. The van der Waals surface area contributed by atoms with Crippen molar-refractivity contribution in [3.8, 4) is 5.75 Å². The van der Waals surface area contributed by atoms with Crippen LogP contribution in [0.2, 0.25) is 0 Å². The zero-order chi connectivity index (χ0) is 15.1. The molecule has 0 bridgehead atoms. The van der Waals surface area contributed by atoms with Gasteiger partial charge in [-0.05, 0) is 19.1 Å². The molecule has 0 saturated carbocycles. The summed E-state index contributed by atoms with van der Waals surface area (Å²) in [7, 11) is 1.61. The molecule has 0 radical (unpaired) electrons. The minimum absolute atomic E-state index is 0.233. The minimum atomic E-state index is -0.253. The lowest BCUT2D eigenvalue weighted by atomic mass is 10.3. The number of nitrogens with zero attached hydrogens (tertiary/aromatic N) is 2. The zero-order valence-electron chi connectivity index (χ0n) is 11.7. The molecule has 1 aromatic carbocycles. The SMILES string of the molecule is CCOC(=O)CSc1nnc(Nc2ccccc2OC)s1. The molecule has 2 aromatic rings. The van der Waals surface area contributed by atoms with Gasteiger partial charge in [0.2, 0.25) is 5.13 Å². The Hall–Kier alpha value is -1.80. The maximum absolute atomic E-state index is 11.3. The van der Waals surface area contributed by atoms with Crippen LogP contribution in [0, 0.1) is 0 Å². The van der Waals surface area contributed by atoms with Crippen molar-refractivity contribution in [2.24, 2.45) is 0 Å². The molecule has 0 aliphatic rings. The molecule has 1 heterocycles. The predicted octanol–water partition coefficient (Wildman–Crippen LogP) is 2.95. The molecule has 0 spiro atoms. The van der Waals surface area contributed by atoms with Gasteiger partial charge in [0, 0.05) is 0 Å². The first kappa shape index (κ1) is 15.6. The molecule has 8 heteroatoms. The van der Waals surface area contributed by atoms with Crippen LogP contribution in [-0.4, -0.2) is 35.6 Å². The number of esters is 1. The summed E-state index contributed by atoms with van der Waals surface area (Å²) in [5.41, 5.74) is 0.818. The lowest BCUT2D eigenvalue weighted by molar-refractivity contribution is -0.139. The van der Waals surface area contributed by atoms with E-state index in [1.807, 2.05) is 24.3 Å². The van der Waals surface area contributed by atoms with Crippen LogP contribution in [-0.2, 0) is 9.53 Å². The molecule has 0 atom stereocenters. The molecule has 0 unspecified atom stereocenters. The van der Waals surface area contributed by atoms with E-state index in [1.165, 1.54) is 23.1 Å². The maximum Gasteiger partial charge on any atom is 0.316 e. The van der Waals surface area contributed by atoms with E-state index in [2.05, 4.69) is 15.5 Å². The molecule has 0 saturated heterocycles. The number of benzene rings is 1. The van der Waals surface area contributed by atoms with Gasteiger partial charge in [-0.25, -0.2) is 0 Å². The molecule has 21 heavy (non-hydrogen) atoms. The molecular weight excluding hydrogens is 310 g/mol. The summed E-state index contributed by atoms with van der Waals surface area (Å²) in [5.74, 6) is 0.710. The van der Waals surface area contributed by atoms with Crippen LogP contribution in [0.4, 0.5) is 10.8 Å². The molecule has 0 aliphatic carbocycles. The van der Waals surface area contributed by atoms with Crippen LogP contribution in [0.1, 0.15) is 6.92 Å². The number of thioether (sulfide) groups is 1. The predicted molar refractivity (Wildman–Crippen MR) is 83.5 cm³/mol. The lowest BCUT2D eigenvalue weighted by Crippen LogP contribution is -2.06. The molecule has 0 aliphatic heterocycles. The highest BCUT2D eigenvalue weighted by Crippen LogP contribution is 2.31. The largest absolute Gasteiger partial charge is 0.495 e. The van der Waals surface area contributed by atoms with Gasteiger partial charge in [0.05, 0.1) is 25.2 Å². The fourth-order valence-corrected chi connectivity index (χ4v) is 3.07. The highest BCUT2D eigenvalue weighted by molar-refractivity contribution is 8.01. The normalized spacial score (nSPS) is 10.2. The Morgan fingerprint density at radius 3 is 2.95 bits per heavy atom. The van der Waals surface area contributed by atoms with Crippen LogP contribution in [0.25, 0.3) is 0 Å². The first-order chi connectivity index (χ1) is 10.2. The van der Waals surface area contributed by atoms with Gasteiger partial charge in [-0.1, -0.05) is 35.2 Å². The van der Waals surface area contributed by atoms with Crippen LogP contribution in [0.5, 0.6) is 5.75 Å². The van der Waals surface area contributed by atoms with Crippen LogP contribution < -0.4 is 10.1 Å². The van der Waals surface area contributed by atoms with Crippen LogP contribution in [0.3, 0.4) is 0 Å². The van der Waals surface area contributed by atoms with E-state index in [-0.39, 0.29) is 11.7 Å². The van der Waals surface area contributed by atoms with Crippen molar-refractivity contribution < 1.29 is 14.3 Å². The van der Waals surface area contributed by atoms with Gasteiger partial charge in [0.15, 0.2) is 4.34 Å². The number of para-hydroxylation sites is 2. The van der Waals surface area contributed by atoms with Crippen molar-refractivity contribution in [1.82, 2.24) is 10.2 Å². The molecule has 6 nitrogen and oxygen atoms in total. The Morgan fingerprint density at radius 1 is 1.38 bits per heavy atom. The summed E-state index contributed by atoms with van der Waals surface area (Å²) in [6.45, 7) is 2.17. The Bertz CT molecular complexity index is 604. The van der Waals surface area contributed by atoms with E-state index in [9.17, 15) is 4.79 Å². The van der Waals surface area contributed by atoms with E-state index in [4.69, 9.17) is 9.47 Å². The summed E-state index contributed by atoms with van der Waals surface area (Å²) in [5, 5.41) is 11.9. The van der Waals surface area contributed by atoms with Crippen molar-refractivity contribution in [2.45, 2.75) is 11.3 Å². The summed E-state index contributed by atoms with van der Waals surface area (Å²) in [6, 6.07) is 7.55. The molecule has 112 valence electrons.